The van der Waals surface area contributed by atoms with Crippen LogP contribution in [0.2, 0.25) is 0 Å². The maximum atomic E-state index is 8.79. The summed E-state index contributed by atoms with van der Waals surface area (Å²) >= 11 is 1.93. The Morgan fingerprint density at radius 3 is 2.80 bits per heavy atom. The summed E-state index contributed by atoms with van der Waals surface area (Å²) in [6, 6.07) is 0.318. The number of hydrogen-bond donors (Lipinski definition) is 2. The van der Waals surface area contributed by atoms with Crippen LogP contribution < -0.4 is 5.32 Å². The molecule has 1 saturated heterocycles. The molecule has 0 radical (unpaired) electrons. The van der Waals surface area contributed by atoms with E-state index in [0.717, 1.165) is 12.3 Å². The maximum Gasteiger partial charge on any atom is 0.0592 e. The molecule has 0 aromatic carbocycles. The highest BCUT2D eigenvalue weighted by molar-refractivity contribution is 8.00. The molecule has 1 heterocycles. The summed E-state index contributed by atoms with van der Waals surface area (Å²) in [5.41, 5.74) is 0. The summed E-state index contributed by atoms with van der Waals surface area (Å²) in [4.78, 5) is 0. The summed E-state index contributed by atoms with van der Waals surface area (Å²) in [7, 11) is 0. The lowest BCUT2D eigenvalue weighted by molar-refractivity contribution is 0.248. The van der Waals surface area contributed by atoms with Gasteiger partial charge in [0.1, 0.15) is 0 Å². The first-order valence-corrected chi connectivity index (χ1v) is 4.61. The molecule has 1 aliphatic heterocycles. The lowest BCUT2D eigenvalue weighted by Gasteiger charge is -2.33. The van der Waals surface area contributed by atoms with Gasteiger partial charge in [0.15, 0.2) is 0 Å². The van der Waals surface area contributed by atoms with Crippen molar-refractivity contribution in [2.75, 3.05) is 18.9 Å². The summed E-state index contributed by atoms with van der Waals surface area (Å²) in [5.74, 6) is 1.03. The fraction of sp³-hybridized carbons (Fsp3) is 1.00. The second kappa shape index (κ2) is 3.11. The van der Waals surface area contributed by atoms with Gasteiger partial charge in [-0.3, -0.25) is 0 Å². The van der Waals surface area contributed by atoms with E-state index in [2.05, 4.69) is 19.2 Å². The summed E-state index contributed by atoms with van der Waals surface area (Å²) in [6.45, 7) is 5.71. The van der Waals surface area contributed by atoms with Crippen LogP contribution in [0.5, 0.6) is 0 Å². The van der Waals surface area contributed by atoms with Gasteiger partial charge in [0.25, 0.3) is 0 Å². The van der Waals surface area contributed by atoms with E-state index in [0.29, 0.717) is 10.8 Å². The van der Waals surface area contributed by atoms with Gasteiger partial charge in [-0.2, -0.15) is 11.8 Å². The fourth-order valence-electron chi connectivity index (χ4n) is 0.944. The van der Waals surface area contributed by atoms with Crippen LogP contribution >= 0.6 is 11.8 Å². The zero-order chi connectivity index (χ0) is 7.61. The van der Waals surface area contributed by atoms with E-state index in [1.165, 1.54) is 0 Å². The van der Waals surface area contributed by atoms with Gasteiger partial charge in [0, 0.05) is 23.1 Å². The van der Waals surface area contributed by atoms with Gasteiger partial charge >= 0.3 is 0 Å². The molecule has 0 aromatic rings. The second-order valence-electron chi connectivity index (χ2n) is 3.33. The molecule has 0 spiro atoms. The predicted octanol–water partition coefficient (Wildman–Crippen LogP) is 0.462. The molecule has 0 aliphatic carbocycles. The van der Waals surface area contributed by atoms with Gasteiger partial charge in [-0.25, -0.2) is 0 Å². The van der Waals surface area contributed by atoms with Crippen molar-refractivity contribution < 1.29 is 5.11 Å². The molecular formula is C7H15NOS. The van der Waals surface area contributed by atoms with Crippen LogP contribution in [-0.4, -0.2) is 34.8 Å². The van der Waals surface area contributed by atoms with E-state index < -0.39 is 0 Å². The van der Waals surface area contributed by atoms with Crippen molar-refractivity contribution in [3.63, 3.8) is 0 Å². The molecular weight excluding hydrogens is 146 g/mol. The standard InChI is InChI=1S/C7H15NOS/c1-7(2)5-8-6(3-9)4-10-7/h6,8-9H,3-5H2,1-2H3/t6-/m0/s1. The minimum atomic E-state index is 0.267. The van der Waals surface area contributed by atoms with E-state index in [4.69, 9.17) is 5.11 Å². The normalized spacial score (nSPS) is 32.1. The average Bonchev–Trinajstić information content (AvgIpc) is 1.88. The van der Waals surface area contributed by atoms with E-state index >= 15 is 0 Å². The Kier molecular flexibility index (Phi) is 2.61. The van der Waals surface area contributed by atoms with E-state index in [1.54, 1.807) is 0 Å². The number of aliphatic hydroxyl groups is 1. The Hall–Kier alpha value is 0.270. The van der Waals surface area contributed by atoms with Crippen LogP contribution in [0, 0.1) is 0 Å². The third kappa shape index (κ3) is 2.15. The van der Waals surface area contributed by atoms with Crippen molar-refractivity contribution in [2.45, 2.75) is 24.6 Å². The minimum Gasteiger partial charge on any atom is -0.395 e. The van der Waals surface area contributed by atoms with Crippen LogP contribution in [0.25, 0.3) is 0 Å². The van der Waals surface area contributed by atoms with Gasteiger partial charge in [0.05, 0.1) is 6.61 Å². The van der Waals surface area contributed by atoms with Gasteiger partial charge in [-0.1, -0.05) is 0 Å². The molecule has 3 heteroatoms. The fourth-order valence-corrected chi connectivity index (χ4v) is 2.00. The van der Waals surface area contributed by atoms with Gasteiger partial charge < -0.3 is 10.4 Å². The molecule has 1 atom stereocenters. The number of hydrogen-bond acceptors (Lipinski definition) is 3. The molecule has 0 aromatic heterocycles. The Morgan fingerprint density at radius 1 is 1.70 bits per heavy atom. The molecule has 1 rings (SSSR count). The first kappa shape index (κ1) is 8.37. The van der Waals surface area contributed by atoms with E-state index in [9.17, 15) is 0 Å². The number of aliphatic hydroxyl groups excluding tert-OH is 1. The maximum absolute atomic E-state index is 8.79. The SMILES string of the molecule is CC1(C)CN[C@@H](CO)CS1. The summed E-state index contributed by atoms with van der Waals surface area (Å²) in [5, 5.41) is 12.1. The van der Waals surface area contributed by atoms with E-state index in [1.807, 2.05) is 11.8 Å². The molecule has 10 heavy (non-hydrogen) atoms. The van der Waals surface area contributed by atoms with Gasteiger partial charge in [0.2, 0.25) is 0 Å². The zero-order valence-electron chi connectivity index (χ0n) is 6.55. The van der Waals surface area contributed by atoms with Crippen molar-refractivity contribution >= 4 is 11.8 Å². The minimum absolute atomic E-state index is 0.267. The highest BCUT2D eigenvalue weighted by Crippen LogP contribution is 2.27. The third-order valence-corrected chi connectivity index (χ3v) is 3.21. The van der Waals surface area contributed by atoms with Crippen molar-refractivity contribution in [3.8, 4) is 0 Å². The quantitative estimate of drug-likeness (QED) is 0.586. The highest BCUT2D eigenvalue weighted by atomic mass is 32.2. The Bertz CT molecular complexity index is 106. The first-order chi connectivity index (χ1) is 4.64. The number of thioether (sulfide) groups is 1. The van der Waals surface area contributed by atoms with Crippen LogP contribution in [-0.2, 0) is 0 Å². The first-order valence-electron chi connectivity index (χ1n) is 3.62. The Labute approximate surface area is 66.4 Å². The lowest BCUT2D eigenvalue weighted by Crippen LogP contribution is -2.47. The van der Waals surface area contributed by atoms with Crippen molar-refractivity contribution in [2.24, 2.45) is 0 Å². The molecule has 0 bridgehead atoms. The largest absolute Gasteiger partial charge is 0.395 e. The van der Waals surface area contributed by atoms with Gasteiger partial charge in [-0.15, -0.1) is 0 Å². The summed E-state index contributed by atoms with van der Waals surface area (Å²) in [6.07, 6.45) is 0. The third-order valence-electron chi connectivity index (χ3n) is 1.71. The molecule has 1 fully saturated rings. The predicted molar refractivity (Wildman–Crippen MR) is 45.4 cm³/mol. The Morgan fingerprint density at radius 2 is 2.40 bits per heavy atom. The summed E-state index contributed by atoms with van der Waals surface area (Å²) < 4.78 is 0.353. The number of nitrogens with one attached hydrogen (secondary N) is 1. The smallest absolute Gasteiger partial charge is 0.0592 e. The van der Waals surface area contributed by atoms with Crippen LogP contribution in [0.15, 0.2) is 0 Å². The molecule has 2 N–H and O–H groups in total. The van der Waals surface area contributed by atoms with Crippen molar-refractivity contribution in [1.29, 1.82) is 0 Å². The van der Waals surface area contributed by atoms with Crippen molar-refractivity contribution in [3.05, 3.63) is 0 Å². The van der Waals surface area contributed by atoms with Gasteiger partial charge in [-0.05, 0) is 13.8 Å². The molecule has 60 valence electrons. The van der Waals surface area contributed by atoms with Crippen molar-refractivity contribution in [1.82, 2.24) is 5.32 Å². The Balaban J connectivity index is 2.31. The van der Waals surface area contributed by atoms with Crippen LogP contribution in [0.3, 0.4) is 0 Å². The van der Waals surface area contributed by atoms with E-state index in [-0.39, 0.29) is 6.61 Å². The molecule has 0 amide bonds. The zero-order valence-corrected chi connectivity index (χ0v) is 7.37. The van der Waals surface area contributed by atoms with Crippen LogP contribution in [0.4, 0.5) is 0 Å². The topological polar surface area (TPSA) is 32.3 Å². The molecule has 2 nitrogen and oxygen atoms in total. The molecule has 0 saturated carbocycles. The average molecular weight is 161 g/mol. The monoisotopic (exact) mass is 161 g/mol. The molecule has 0 unspecified atom stereocenters. The highest BCUT2D eigenvalue weighted by Gasteiger charge is 2.25. The second-order valence-corrected chi connectivity index (χ2v) is 5.06. The number of rotatable bonds is 1. The molecule has 1 aliphatic rings. The van der Waals surface area contributed by atoms with Crippen LogP contribution in [0.1, 0.15) is 13.8 Å². The lowest BCUT2D eigenvalue weighted by atomic mass is 10.2.